The molecule has 18 heavy (non-hydrogen) atoms. The summed E-state index contributed by atoms with van der Waals surface area (Å²) in [6.07, 6.45) is 1.23. The van der Waals surface area contributed by atoms with E-state index in [0.717, 1.165) is 5.92 Å². The second-order valence-electron chi connectivity index (χ2n) is 6.88. The summed E-state index contributed by atoms with van der Waals surface area (Å²) in [5, 5.41) is 9.61. The van der Waals surface area contributed by atoms with Crippen LogP contribution in [0.1, 0.15) is 34.1 Å². The SMILES string of the molecule is CC(C)N1CCN(CC2CC2(CO)C(C)C)CC1. The monoisotopic (exact) mass is 254 g/mol. The zero-order chi connectivity index (χ0) is 13.3. The Hall–Kier alpha value is -0.120. The van der Waals surface area contributed by atoms with Crippen molar-refractivity contribution < 1.29 is 5.11 Å². The lowest BCUT2D eigenvalue weighted by Gasteiger charge is -2.37. The van der Waals surface area contributed by atoms with Gasteiger partial charge in [0.05, 0.1) is 0 Å². The van der Waals surface area contributed by atoms with Crippen LogP contribution in [0.2, 0.25) is 0 Å². The van der Waals surface area contributed by atoms with Crippen LogP contribution in [0, 0.1) is 17.3 Å². The fraction of sp³-hybridized carbons (Fsp3) is 1.00. The Morgan fingerprint density at radius 3 is 2.11 bits per heavy atom. The molecule has 0 aromatic carbocycles. The van der Waals surface area contributed by atoms with Crippen molar-refractivity contribution in [3.63, 3.8) is 0 Å². The van der Waals surface area contributed by atoms with Gasteiger partial charge in [0, 0.05) is 50.8 Å². The van der Waals surface area contributed by atoms with E-state index in [1.807, 2.05) is 0 Å². The van der Waals surface area contributed by atoms with E-state index in [0.29, 0.717) is 18.6 Å². The van der Waals surface area contributed by atoms with Crippen molar-refractivity contribution in [3.05, 3.63) is 0 Å². The molecule has 1 saturated carbocycles. The third kappa shape index (κ3) is 2.73. The van der Waals surface area contributed by atoms with E-state index < -0.39 is 0 Å². The molecular weight excluding hydrogens is 224 g/mol. The minimum atomic E-state index is 0.245. The molecule has 2 fully saturated rings. The molecule has 0 aromatic heterocycles. The number of rotatable bonds is 5. The van der Waals surface area contributed by atoms with E-state index in [4.69, 9.17) is 0 Å². The summed E-state index contributed by atoms with van der Waals surface area (Å²) in [7, 11) is 0. The molecule has 1 heterocycles. The molecule has 1 aliphatic carbocycles. The predicted molar refractivity (Wildman–Crippen MR) is 75.6 cm³/mol. The van der Waals surface area contributed by atoms with Crippen LogP contribution >= 0.6 is 0 Å². The average molecular weight is 254 g/mol. The van der Waals surface area contributed by atoms with Crippen LogP contribution in [0.3, 0.4) is 0 Å². The van der Waals surface area contributed by atoms with Gasteiger partial charge in [-0.2, -0.15) is 0 Å². The lowest BCUT2D eigenvalue weighted by Crippen LogP contribution is -2.49. The van der Waals surface area contributed by atoms with Gasteiger partial charge in [-0.25, -0.2) is 0 Å². The van der Waals surface area contributed by atoms with Gasteiger partial charge in [-0.1, -0.05) is 13.8 Å². The molecule has 1 aliphatic heterocycles. The summed E-state index contributed by atoms with van der Waals surface area (Å²) in [5.74, 6) is 1.34. The van der Waals surface area contributed by atoms with Crippen LogP contribution in [0.25, 0.3) is 0 Å². The summed E-state index contributed by atoms with van der Waals surface area (Å²) in [6, 6.07) is 0.681. The zero-order valence-corrected chi connectivity index (χ0v) is 12.5. The topological polar surface area (TPSA) is 26.7 Å². The highest BCUT2D eigenvalue weighted by Gasteiger charge is 2.55. The Morgan fingerprint density at radius 1 is 1.11 bits per heavy atom. The molecule has 2 aliphatic rings. The summed E-state index contributed by atoms with van der Waals surface area (Å²) in [4.78, 5) is 5.16. The maximum Gasteiger partial charge on any atom is 0.0493 e. The van der Waals surface area contributed by atoms with Gasteiger partial charge >= 0.3 is 0 Å². The van der Waals surface area contributed by atoms with Gasteiger partial charge in [0.15, 0.2) is 0 Å². The molecule has 0 radical (unpaired) electrons. The van der Waals surface area contributed by atoms with Crippen molar-refractivity contribution in [1.29, 1.82) is 0 Å². The second kappa shape index (κ2) is 5.48. The molecule has 2 rings (SSSR count). The highest BCUT2D eigenvalue weighted by Crippen LogP contribution is 2.57. The molecule has 1 N–H and O–H groups in total. The molecule has 0 amide bonds. The van der Waals surface area contributed by atoms with Crippen molar-refractivity contribution in [2.24, 2.45) is 17.3 Å². The summed E-state index contributed by atoms with van der Waals surface area (Å²) < 4.78 is 0. The molecule has 2 atom stereocenters. The smallest absolute Gasteiger partial charge is 0.0493 e. The Balaban J connectivity index is 1.77. The molecule has 106 valence electrons. The zero-order valence-electron chi connectivity index (χ0n) is 12.5. The maximum absolute atomic E-state index is 9.61. The lowest BCUT2D eigenvalue weighted by molar-refractivity contribution is 0.0917. The van der Waals surface area contributed by atoms with E-state index in [9.17, 15) is 5.11 Å². The third-order valence-electron chi connectivity index (χ3n) is 5.34. The van der Waals surface area contributed by atoms with Gasteiger partial charge < -0.3 is 10.0 Å². The first kappa shape index (κ1) is 14.3. The number of hydrogen-bond donors (Lipinski definition) is 1. The predicted octanol–water partition coefficient (Wildman–Crippen LogP) is 1.67. The van der Waals surface area contributed by atoms with E-state index in [1.165, 1.54) is 39.1 Å². The molecule has 0 aromatic rings. The molecule has 1 saturated heterocycles. The van der Waals surface area contributed by atoms with E-state index in [-0.39, 0.29) is 5.41 Å². The van der Waals surface area contributed by atoms with Crippen molar-refractivity contribution in [2.75, 3.05) is 39.3 Å². The lowest BCUT2D eigenvalue weighted by atomic mass is 9.90. The van der Waals surface area contributed by atoms with Gasteiger partial charge in [-0.3, -0.25) is 4.90 Å². The van der Waals surface area contributed by atoms with E-state index in [1.54, 1.807) is 0 Å². The normalized spacial score (nSPS) is 34.5. The Kier molecular flexibility index (Phi) is 4.35. The van der Waals surface area contributed by atoms with Crippen LogP contribution in [-0.2, 0) is 0 Å². The molecular formula is C15H30N2O. The Morgan fingerprint density at radius 2 is 1.72 bits per heavy atom. The quantitative estimate of drug-likeness (QED) is 0.808. The van der Waals surface area contributed by atoms with Crippen molar-refractivity contribution >= 4 is 0 Å². The largest absolute Gasteiger partial charge is 0.396 e. The van der Waals surface area contributed by atoms with Gasteiger partial charge in [-0.05, 0) is 32.1 Å². The third-order valence-corrected chi connectivity index (χ3v) is 5.34. The minimum absolute atomic E-state index is 0.245. The molecule has 3 heteroatoms. The standard InChI is InChI=1S/C15H30N2O/c1-12(2)15(11-18)9-14(15)10-16-5-7-17(8-6-16)13(3)4/h12-14,18H,5-11H2,1-4H3. The van der Waals surface area contributed by atoms with Gasteiger partial charge in [0.25, 0.3) is 0 Å². The van der Waals surface area contributed by atoms with E-state index in [2.05, 4.69) is 37.5 Å². The molecule has 0 spiro atoms. The number of aliphatic hydroxyl groups excluding tert-OH is 1. The fourth-order valence-corrected chi connectivity index (χ4v) is 3.50. The molecule has 3 nitrogen and oxygen atoms in total. The fourth-order valence-electron chi connectivity index (χ4n) is 3.50. The minimum Gasteiger partial charge on any atom is -0.396 e. The first-order valence-corrected chi connectivity index (χ1v) is 7.57. The van der Waals surface area contributed by atoms with Gasteiger partial charge in [-0.15, -0.1) is 0 Å². The average Bonchev–Trinajstić information content (AvgIpc) is 3.04. The van der Waals surface area contributed by atoms with Crippen LogP contribution < -0.4 is 0 Å². The highest BCUT2D eigenvalue weighted by molar-refractivity contribution is 5.05. The molecule has 0 bridgehead atoms. The summed E-state index contributed by atoms with van der Waals surface area (Å²) >= 11 is 0. The van der Waals surface area contributed by atoms with Crippen LogP contribution in [0.4, 0.5) is 0 Å². The maximum atomic E-state index is 9.61. The second-order valence-corrected chi connectivity index (χ2v) is 6.88. The number of hydrogen-bond acceptors (Lipinski definition) is 3. The summed E-state index contributed by atoms with van der Waals surface area (Å²) in [6.45, 7) is 15.5. The van der Waals surface area contributed by atoms with Crippen molar-refractivity contribution in [2.45, 2.75) is 40.2 Å². The first-order valence-electron chi connectivity index (χ1n) is 7.57. The number of piperazine rings is 1. The van der Waals surface area contributed by atoms with Crippen LogP contribution in [-0.4, -0.2) is 60.3 Å². The summed E-state index contributed by atoms with van der Waals surface area (Å²) in [5.41, 5.74) is 0.245. The molecule has 2 unspecified atom stereocenters. The van der Waals surface area contributed by atoms with Gasteiger partial charge in [0.2, 0.25) is 0 Å². The van der Waals surface area contributed by atoms with Crippen molar-refractivity contribution in [3.8, 4) is 0 Å². The number of aliphatic hydroxyl groups is 1. The first-order chi connectivity index (χ1) is 8.49. The van der Waals surface area contributed by atoms with Crippen molar-refractivity contribution in [1.82, 2.24) is 9.80 Å². The number of nitrogens with zero attached hydrogens (tertiary/aromatic N) is 2. The Bertz CT molecular complexity index is 272. The van der Waals surface area contributed by atoms with Crippen LogP contribution in [0.15, 0.2) is 0 Å². The van der Waals surface area contributed by atoms with Crippen LogP contribution in [0.5, 0.6) is 0 Å². The Labute approximate surface area is 112 Å². The highest BCUT2D eigenvalue weighted by atomic mass is 16.3. The van der Waals surface area contributed by atoms with E-state index >= 15 is 0 Å². The van der Waals surface area contributed by atoms with Gasteiger partial charge in [0.1, 0.15) is 0 Å².